The van der Waals surface area contributed by atoms with Gasteiger partial charge in [-0.3, -0.25) is 24.2 Å². The molecule has 1 amide bonds. The van der Waals surface area contributed by atoms with E-state index >= 15 is 0 Å². The molecule has 1 heterocycles. The molecule has 232 valence electrons. The quantitative estimate of drug-likeness (QED) is 0.141. The van der Waals surface area contributed by atoms with Gasteiger partial charge in [-0.2, -0.15) is 0 Å². The van der Waals surface area contributed by atoms with Crippen LogP contribution in [0.4, 0.5) is 0 Å². The topological polar surface area (TPSA) is 223 Å². The minimum atomic E-state index is -2.96. The molecular weight excluding hydrogens is 568 g/mol. The molecule has 1 aliphatic heterocycles. The van der Waals surface area contributed by atoms with E-state index in [1.165, 1.54) is 25.1 Å². The number of benzene rings is 1. The second kappa shape index (κ2) is 10.9. The van der Waals surface area contributed by atoms with Crippen LogP contribution in [-0.4, -0.2) is 116 Å². The van der Waals surface area contributed by atoms with Crippen molar-refractivity contribution < 1.29 is 49.8 Å². The molecule has 43 heavy (non-hydrogen) atoms. The van der Waals surface area contributed by atoms with Gasteiger partial charge in [-0.15, -0.1) is 10.1 Å². The number of nitrogens with zero attached hydrogens (tertiary/aromatic N) is 3. The first kappa shape index (κ1) is 30.4. The van der Waals surface area contributed by atoms with Gasteiger partial charge in [0, 0.05) is 24.6 Å². The van der Waals surface area contributed by atoms with Crippen LogP contribution >= 0.6 is 0 Å². The van der Waals surface area contributed by atoms with Crippen molar-refractivity contribution in [3.8, 4) is 5.75 Å². The number of hydrogen-bond acceptors (Lipinski definition) is 13. The van der Waals surface area contributed by atoms with Gasteiger partial charge in [-0.05, 0) is 44.5 Å². The highest BCUT2D eigenvalue weighted by atomic mass is 17.0. The molecule has 0 radical (unpaired) electrons. The lowest BCUT2D eigenvalue weighted by atomic mass is 9.54. The number of hydrogen-bond donors (Lipinski definition) is 6. The summed E-state index contributed by atoms with van der Waals surface area (Å²) in [6.45, 7) is 2.22. The fourth-order valence-electron chi connectivity index (χ4n) is 7.12. The van der Waals surface area contributed by atoms with E-state index in [2.05, 4.69) is 10.2 Å². The summed E-state index contributed by atoms with van der Waals surface area (Å²) in [5.41, 5.74) is -3.86. The SMILES string of the molecule is C[C@H]1c2cccc(O)c2C(O)=C2C(=O)[C@]3(O)C(O)=C(C(=O)NCN4CCC(O[N+](=O)[O-])CC4)C(=O)[C@@H](N(C)C)[C@@H]3[C@@H](O)[C@@H]21. The highest BCUT2D eigenvalue weighted by Crippen LogP contribution is 2.56. The molecule has 0 aromatic heterocycles. The predicted molar refractivity (Wildman–Crippen MR) is 147 cm³/mol. The Morgan fingerprint density at radius 2 is 1.86 bits per heavy atom. The van der Waals surface area contributed by atoms with Gasteiger partial charge in [0.2, 0.25) is 5.78 Å². The van der Waals surface area contributed by atoms with E-state index in [0.29, 0.717) is 31.5 Å². The minimum absolute atomic E-state index is 0.0475. The number of aliphatic hydroxyl groups is 4. The fraction of sp³-hybridized carbons (Fsp3) is 0.536. The van der Waals surface area contributed by atoms with Crippen LogP contribution in [0.15, 0.2) is 35.1 Å². The van der Waals surface area contributed by atoms with Crippen LogP contribution < -0.4 is 5.32 Å². The molecule has 6 N–H and O–H groups in total. The highest BCUT2D eigenvalue weighted by molar-refractivity contribution is 6.25. The molecule has 0 unspecified atom stereocenters. The Kier molecular flexibility index (Phi) is 7.71. The number of amides is 1. The zero-order chi connectivity index (χ0) is 31.5. The summed E-state index contributed by atoms with van der Waals surface area (Å²) in [6.07, 6.45) is -1.60. The summed E-state index contributed by atoms with van der Waals surface area (Å²) in [7, 11) is 2.94. The van der Waals surface area contributed by atoms with Gasteiger partial charge in [-0.25, -0.2) is 0 Å². The van der Waals surface area contributed by atoms with Crippen molar-refractivity contribution in [1.82, 2.24) is 15.1 Å². The second-order valence-corrected chi connectivity index (χ2v) is 11.7. The van der Waals surface area contributed by atoms with Crippen LogP contribution in [-0.2, 0) is 19.2 Å². The molecule has 15 nitrogen and oxygen atoms in total. The molecule has 6 atom stereocenters. The molecule has 15 heteroatoms. The molecule has 4 aliphatic rings. The zero-order valence-corrected chi connectivity index (χ0v) is 23.8. The number of aromatic hydroxyl groups is 1. The lowest BCUT2D eigenvalue weighted by molar-refractivity contribution is -0.769. The number of rotatable bonds is 6. The van der Waals surface area contributed by atoms with Gasteiger partial charge in [-0.1, -0.05) is 19.1 Å². The summed E-state index contributed by atoms with van der Waals surface area (Å²) in [5, 5.41) is 68.9. The molecule has 0 bridgehead atoms. The maximum atomic E-state index is 14.1. The third-order valence-electron chi connectivity index (χ3n) is 9.21. The number of likely N-dealkylation sites (tertiary alicyclic amines) is 1. The number of likely N-dealkylation sites (N-methyl/N-ethyl adjacent to an activating group) is 1. The van der Waals surface area contributed by atoms with Crippen molar-refractivity contribution >= 4 is 23.2 Å². The van der Waals surface area contributed by atoms with E-state index in [1.54, 1.807) is 24.0 Å². The average molecular weight is 603 g/mol. The van der Waals surface area contributed by atoms with Crippen molar-refractivity contribution in [2.45, 2.75) is 49.5 Å². The Morgan fingerprint density at radius 3 is 2.47 bits per heavy atom. The van der Waals surface area contributed by atoms with Crippen LogP contribution in [0.3, 0.4) is 0 Å². The van der Waals surface area contributed by atoms with Gasteiger partial charge in [0.25, 0.3) is 11.0 Å². The second-order valence-electron chi connectivity index (χ2n) is 11.7. The molecule has 1 saturated carbocycles. The van der Waals surface area contributed by atoms with Gasteiger partial charge in [0.05, 0.1) is 30.3 Å². The number of piperidine rings is 1. The van der Waals surface area contributed by atoms with Crippen molar-refractivity contribution in [3.05, 3.63) is 56.3 Å². The largest absolute Gasteiger partial charge is 0.508 e. The Bertz CT molecular complexity index is 1450. The molecule has 5 rings (SSSR count). The summed E-state index contributed by atoms with van der Waals surface area (Å²) >= 11 is 0. The monoisotopic (exact) mass is 602 g/mol. The predicted octanol–water partition coefficient (Wildman–Crippen LogP) is -0.243. The van der Waals surface area contributed by atoms with Crippen molar-refractivity contribution in [2.75, 3.05) is 33.9 Å². The lowest BCUT2D eigenvalue weighted by Gasteiger charge is -2.53. The van der Waals surface area contributed by atoms with E-state index in [9.17, 15) is 50.0 Å². The van der Waals surface area contributed by atoms with Gasteiger partial charge < -0.3 is 35.7 Å². The molecule has 1 aromatic rings. The first-order valence-electron chi connectivity index (χ1n) is 13.9. The van der Waals surface area contributed by atoms with Gasteiger partial charge >= 0.3 is 0 Å². The first-order chi connectivity index (χ1) is 20.2. The number of fused-ring (bicyclic) bond motifs is 3. The Labute approximate surface area is 245 Å². The molecule has 1 saturated heterocycles. The van der Waals surface area contributed by atoms with Crippen LogP contribution in [0, 0.1) is 22.0 Å². The number of phenols is 1. The number of carbonyl (C=O) groups excluding carboxylic acids is 3. The van der Waals surface area contributed by atoms with E-state index in [-0.39, 0.29) is 18.0 Å². The normalized spacial score (nSPS) is 31.4. The van der Waals surface area contributed by atoms with E-state index in [1.807, 2.05) is 0 Å². The fourth-order valence-corrected chi connectivity index (χ4v) is 7.12. The van der Waals surface area contributed by atoms with Crippen molar-refractivity contribution in [1.29, 1.82) is 0 Å². The number of ketones is 2. The summed E-state index contributed by atoms with van der Waals surface area (Å²) in [6, 6.07) is 3.06. The summed E-state index contributed by atoms with van der Waals surface area (Å²) in [4.78, 5) is 59.5. The third kappa shape index (κ3) is 4.63. The van der Waals surface area contributed by atoms with E-state index < -0.39 is 86.8 Å². The third-order valence-corrected chi connectivity index (χ3v) is 9.21. The average Bonchev–Trinajstić information content (AvgIpc) is 2.94. The lowest BCUT2D eigenvalue weighted by Crippen LogP contribution is -2.70. The van der Waals surface area contributed by atoms with Crippen LogP contribution in [0.2, 0.25) is 0 Å². The molecule has 1 aromatic carbocycles. The van der Waals surface area contributed by atoms with Crippen molar-refractivity contribution in [2.24, 2.45) is 11.8 Å². The highest BCUT2D eigenvalue weighted by Gasteiger charge is 2.68. The molecule has 3 aliphatic carbocycles. The van der Waals surface area contributed by atoms with E-state index in [0.717, 1.165) is 0 Å². The van der Waals surface area contributed by atoms with Crippen molar-refractivity contribution in [3.63, 3.8) is 0 Å². The molecular formula is C28H34N4O11. The number of carbonyl (C=O) groups is 3. The smallest absolute Gasteiger partial charge is 0.294 e. The number of nitrogens with one attached hydrogen (secondary N) is 1. The molecule has 2 fully saturated rings. The zero-order valence-electron chi connectivity index (χ0n) is 23.8. The summed E-state index contributed by atoms with van der Waals surface area (Å²) in [5.74, 6) is -8.79. The Hall–Kier alpha value is -4.05. The number of aliphatic hydroxyl groups excluding tert-OH is 3. The standard InChI is InChI=1S/C28H34N4O11/c1-12-14-5-4-6-15(33)17(14)22(34)18-16(12)23(35)20-21(30(2)3)24(36)19(26(38)28(20,40)25(18)37)27(39)29-11-31-9-7-13(8-10-31)43-32(41)42/h4-6,12-13,16,20-21,23,33-35,38,40H,7-11H2,1-3H3,(H,29,39)/t12-,16+,20+,21-,23-,28-/m0/s1. The number of phenolic OH excluding ortho intramolecular Hbond substituents is 1. The molecule has 0 spiro atoms. The van der Waals surface area contributed by atoms with Gasteiger partial charge in [0.15, 0.2) is 11.4 Å². The van der Waals surface area contributed by atoms with Gasteiger partial charge in [0.1, 0.15) is 28.9 Å². The first-order valence-corrected chi connectivity index (χ1v) is 13.9. The number of Topliss-reactive ketones (excluding diaryl/α,β-unsaturated/α-hetero) is 2. The van der Waals surface area contributed by atoms with Crippen LogP contribution in [0.25, 0.3) is 5.76 Å². The maximum absolute atomic E-state index is 14.1. The Morgan fingerprint density at radius 1 is 1.21 bits per heavy atom. The maximum Gasteiger partial charge on any atom is 0.294 e. The van der Waals surface area contributed by atoms with Crippen LogP contribution in [0.5, 0.6) is 5.75 Å². The van der Waals surface area contributed by atoms with Crippen LogP contribution in [0.1, 0.15) is 36.8 Å². The van der Waals surface area contributed by atoms with E-state index in [4.69, 9.17) is 0 Å². The summed E-state index contributed by atoms with van der Waals surface area (Å²) < 4.78 is 0. The minimum Gasteiger partial charge on any atom is -0.508 e. The Balaban J connectivity index is 1.52.